The van der Waals surface area contributed by atoms with E-state index in [2.05, 4.69) is 6.07 Å². The fourth-order valence-corrected chi connectivity index (χ4v) is 1.82. The van der Waals surface area contributed by atoms with Crippen molar-refractivity contribution in [2.45, 2.75) is 13.3 Å². The quantitative estimate of drug-likeness (QED) is 0.684. The van der Waals surface area contributed by atoms with Crippen molar-refractivity contribution in [1.82, 2.24) is 0 Å². The van der Waals surface area contributed by atoms with E-state index in [9.17, 15) is 0 Å². The van der Waals surface area contributed by atoms with E-state index in [0.717, 1.165) is 18.8 Å². The van der Waals surface area contributed by atoms with Crippen molar-refractivity contribution in [3.63, 3.8) is 0 Å². The second kappa shape index (κ2) is 7.53. The van der Waals surface area contributed by atoms with Gasteiger partial charge in [0.2, 0.25) is 0 Å². The number of halogens is 1. The third-order valence-corrected chi connectivity index (χ3v) is 2.91. The monoisotopic (exact) mass is 242 g/mol. The number of ether oxygens (including phenoxy) is 2. The molecule has 0 fully saturated rings. The van der Waals surface area contributed by atoms with E-state index in [-0.39, 0.29) is 0 Å². The lowest BCUT2D eigenvalue weighted by molar-refractivity contribution is 0.117. The van der Waals surface area contributed by atoms with Gasteiger partial charge in [-0.25, -0.2) is 0 Å². The third kappa shape index (κ3) is 4.03. The molecule has 0 N–H and O–H groups in total. The van der Waals surface area contributed by atoms with Crippen LogP contribution in [0.4, 0.5) is 0 Å². The summed E-state index contributed by atoms with van der Waals surface area (Å²) < 4.78 is 10.7. The molecular weight excluding hydrogens is 224 g/mol. The Morgan fingerprint density at radius 3 is 2.69 bits per heavy atom. The van der Waals surface area contributed by atoms with Crippen LogP contribution in [-0.2, 0) is 11.2 Å². The summed E-state index contributed by atoms with van der Waals surface area (Å²) in [7, 11) is 1.69. The first kappa shape index (κ1) is 13.3. The van der Waals surface area contributed by atoms with Gasteiger partial charge in [-0.05, 0) is 30.9 Å². The average Bonchev–Trinajstić information content (AvgIpc) is 2.34. The summed E-state index contributed by atoms with van der Waals surface area (Å²) in [4.78, 5) is 0. The highest BCUT2D eigenvalue weighted by Crippen LogP contribution is 2.21. The van der Waals surface area contributed by atoms with Gasteiger partial charge in [0.25, 0.3) is 0 Å². The van der Waals surface area contributed by atoms with Gasteiger partial charge in [-0.15, -0.1) is 11.6 Å². The molecule has 0 aliphatic heterocycles. The van der Waals surface area contributed by atoms with Gasteiger partial charge in [-0.1, -0.05) is 18.2 Å². The molecule has 1 rings (SSSR count). The molecule has 1 unspecified atom stereocenters. The standard InChI is InChI=1S/C13H19ClO2/c1-3-16-10-11(9-14)8-12-6-4-5-7-13(12)15-2/h4-7,11H,3,8-10H2,1-2H3. The van der Waals surface area contributed by atoms with Crippen LogP contribution in [0.15, 0.2) is 24.3 Å². The van der Waals surface area contributed by atoms with Crippen molar-refractivity contribution < 1.29 is 9.47 Å². The van der Waals surface area contributed by atoms with Crippen LogP contribution < -0.4 is 4.74 Å². The van der Waals surface area contributed by atoms with Crippen molar-refractivity contribution in [3.05, 3.63) is 29.8 Å². The smallest absolute Gasteiger partial charge is 0.122 e. The van der Waals surface area contributed by atoms with E-state index in [4.69, 9.17) is 21.1 Å². The van der Waals surface area contributed by atoms with Gasteiger partial charge < -0.3 is 9.47 Å². The Morgan fingerprint density at radius 1 is 1.31 bits per heavy atom. The molecule has 3 heteroatoms. The Hall–Kier alpha value is -0.730. The van der Waals surface area contributed by atoms with E-state index < -0.39 is 0 Å². The Labute approximate surface area is 103 Å². The molecule has 0 aromatic heterocycles. The largest absolute Gasteiger partial charge is 0.496 e. The van der Waals surface area contributed by atoms with Crippen LogP contribution in [0.5, 0.6) is 5.75 Å². The molecule has 0 heterocycles. The molecule has 1 atom stereocenters. The average molecular weight is 243 g/mol. The molecule has 2 nitrogen and oxygen atoms in total. The van der Waals surface area contributed by atoms with Crippen LogP contribution in [0.2, 0.25) is 0 Å². The van der Waals surface area contributed by atoms with Crippen molar-refractivity contribution in [3.8, 4) is 5.75 Å². The molecule has 16 heavy (non-hydrogen) atoms. The zero-order valence-corrected chi connectivity index (χ0v) is 10.7. The third-order valence-electron chi connectivity index (χ3n) is 2.48. The molecule has 0 bridgehead atoms. The Kier molecular flexibility index (Phi) is 6.27. The topological polar surface area (TPSA) is 18.5 Å². The van der Waals surface area contributed by atoms with Crippen LogP contribution in [0.1, 0.15) is 12.5 Å². The van der Waals surface area contributed by atoms with E-state index in [1.165, 1.54) is 5.56 Å². The second-order valence-corrected chi connectivity index (χ2v) is 4.00. The summed E-state index contributed by atoms with van der Waals surface area (Å²) in [5.41, 5.74) is 1.19. The highest BCUT2D eigenvalue weighted by molar-refractivity contribution is 6.18. The Balaban J connectivity index is 2.62. The fourth-order valence-electron chi connectivity index (χ4n) is 1.63. The number of hydrogen-bond acceptors (Lipinski definition) is 2. The van der Waals surface area contributed by atoms with E-state index in [1.807, 2.05) is 25.1 Å². The molecule has 1 aromatic rings. The molecular formula is C13H19ClO2. The van der Waals surface area contributed by atoms with Gasteiger partial charge in [0.15, 0.2) is 0 Å². The molecule has 0 saturated heterocycles. The first-order valence-corrected chi connectivity index (χ1v) is 6.10. The first-order chi connectivity index (χ1) is 7.81. The zero-order chi connectivity index (χ0) is 11.8. The Bertz CT molecular complexity index is 302. The van der Waals surface area contributed by atoms with Crippen LogP contribution in [0, 0.1) is 5.92 Å². The first-order valence-electron chi connectivity index (χ1n) is 5.57. The molecule has 0 aliphatic rings. The van der Waals surface area contributed by atoms with Crippen molar-refractivity contribution >= 4 is 11.6 Å². The molecule has 90 valence electrons. The summed E-state index contributed by atoms with van der Waals surface area (Å²) in [6.07, 6.45) is 0.896. The maximum Gasteiger partial charge on any atom is 0.122 e. The predicted octanol–water partition coefficient (Wildman–Crippen LogP) is 3.13. The maximum absolute atomic E-state index is 5.93. The normalized spacial score (nSPS) is 12.4. The van der Waals surface area contributed by atoms with E-state index >= 15 is 0 Å². The van der Waals surface area contributed by atoms with Crippen LogP contribution >= 0.6 is 11.6 Å². The fraction of sp³-hybridized carbons (Fsp3) is 0.538. The summed E-state index contributed by atoms with van der Waals surface area (Å²) >= 11 is 5.93. The summed E-state index contributed by atoms with van der Waals surface area (Å²) in [5, 5.41) is 0. The van der Waals surface area contributed by atoms with Gasteiger partial charge in [0.1, 0.15) is 5.75 Å². The lowest BCUT2D eigenvalue weighted by Crippen LogP contribution is -2.14. The minimum absolute atomic E-state index is 0.345. The molecule has 0 amide bonds. The number of methoxy groups -OCH3 is 1. The van der Waals surface area contributed by atoms with Gasteiger partial charge in [0.05, 0.1) is 13.7 Å². The van der Waals surface area contributed by atoms with Crippen LogP contribution in [-0.4, -0.2) is 26.2 Å². The molecule has 0 saturated carbocycles. The van der Waals surface area contributed by atoms with Crippen molar-refractivity contribution in [1.29, 1.82) is 0 Å². The van der Waals surface area contributed by atoms with Gasteiger partial charge >= 0.3 is 0 Å². The van der Waals surface area contributed by atoms with Gasteiger partial charge in [-0.3, -0.25) is 0 Å². The summed E-state index contributed by atoms with van der Waals surface area (Å²) in [6, 6.07) is 8.04. The van der Waals surface area contributed by atoms with Crippen LogP contribution in [0.3, 0.4) is 0 Å². The number of alkyl halides is 1. The minimum Gasteiger partial charge on any atom is -0.496 e. The van der Waals surface area contributed by atoms with Gasteiger partial charge in [0, 0.05) is 12.5 Å². The maximum atomic E-state index is 5.93. The number of benzene rings is 1. The van der Waals surface area contributed by atoms with Gasteiger partial charge in [-0.2, -0.15) is 0 Å². The van der Waals surface area contributed by atoms with Crippen molar-refractivity contribution in [2.24, 2.45) is 5.92 Å². The molecule has 1 aromatic carbocycles. The lowest BCUT2D eigenvalue weighted by atomic mass is 10.0. The molecule has 0 aliphatic carbocycles. The van der Waals surface area contributed by atoms with E-state index in [1.54, 1.807) is 7.11 Å². The van der Waals surface area contributed by atoms with Crippen molar-refractivity contribution in [2.75, 3.05) is 26.2 Å². The predicted molar refractivity (Wildman–Crippen MR) is 67.4 cm³/mol. The number of hydrogen-bond donors (Lipinski definition) is 0. The Morgan fingerprint density at radius 2 is 2.06 bits per heavy atom. The lowest BCUT2D eigenvalue weighted by Gasteiger charge is -2.15. The molecule has 0 radical (unpaired) electrons. The SMILES string of the molecule is CCOCC(CCl)Cc1ccccc1OC. The minimum atomic E-state index is 0.345. The second-order valence-electron chi connectivity index (χ2n) is 3.70. The number of para-hydroxylation sites is 1. The highest BCUT2D eigenvalue weighted by atomic mass is 35.5. The summed E-state index contributed by atoms with van der Waals surface area (Å²) in [5.74, 6) is 1.88. The zero-order valence-electron chi connectivity index (χ0n) is 9.91. The van der Waals surface area contributed by atoms with E-state index in [0.29, 0.717) is 18.4 Å². The summed E-state index contributed by atoms with van der Waals surface area (Å²) in [6.45, 7) is 3.44. The molecule has 0 spiro atoms. The van der Waals surface area contributed by atoms with Crippen LogP contribution in [0.25, 0.3) is 0 Å². The highest BCUT2D eigenvalue weighted by Gasteiger charge is 2.11. The number of rotatable bonds is 7.